The number of carbonyl (C=O) groups excluding carboxylic acids is 2. The quantitative estimate of drug-likeness (QED) is 0.821. The van der Waals surface area contributed by atoms with E-state index in [1.54, 1.807) is 26.8 Å². The molecule has 1 unspecified atom stereocenters. The van der Waals surface area contributed by atoms with Crippen LogP contribution in [0.4, 0.5) is 4.79 Å². The van der Waals surface area contributed by atoms with Crippen molar-refractivity contribution >= 4 is 12.1 Å². The summed E-state index contributed by atoms with van der Waals surface area (Å²) >= 11 is 0. The molecule has 1 amide bonds. The number of rotatable bonds is 4. The first kappa shape index (κ1) is 16.7. The van der Waals surface area contributed by atoms with Gasteiger partial charge in [0.25, 0.3) is 0 Å². The van der Waals surface area contributed by atoms with Gasteiger partial charge in [-0.05, 0) is 32.4 Å². The molecule has 7 heteroatoms. The molecule has 0 aromatic carbocycles. The second kappa shape index (κ2) is 6.92. The standard InChI is InChI=1S/C14H20N2O5/c1-14(2,3)21-13(19)16-10(8-12(18)20-4)9-5-6-15-11(17)7-9/h5-7,10H,8H2,1-4H3,(H,15,17)(H,16,19). The minimum absolute atomic E-state index is 0.0980. The van der Waals surface area contributed by atoms with Crippen molar-refractivity contribution in [1.29, 1.82) is 0 Å². The number of aromatic amines is 1. The van der Waals surface area contributed by atoms with E-state index >= 15 is 0 Å². The molecule has 0 saturated heterocycles. The van der Waals surface area contributed by atoms with Gasteiger partial charge >= 0.3 is 12.1 Å². The van der Waals surface area contributed by atoms with Crippen LogP contribution in [0.5, 0.6) is 0 Å². The minimum Gasteiger partial charge on any atom is -0.469 e. The highest BCUT2D eigenvalue weighted by Gasteiger charge is 2.23. The molecule has 0 spiro atoms. The summed E-state index contributed by atoms with van der Waals surface area (Å²) in [5.41, 5.74) is -0.489. The lowest BCUT2D eigenvalue weighted by molar-refractivity contribution is -0.141. The second-order valence-corrected chi connectivity index (χ2v) is 5.47. The van der Waals surface area contributed by atoms with E-state index in [1.807, 2.05) is 0 Å². The fraction of sp³-hybridized carbons (Fsp3) is 0.500. The lowest BCUT2D eigenvalue weighted by Gasteiger charge is -2.23. The van der Waals surface area contributed by atoms with Crippen LogP contribution in [0.25, 0.3) is 0 Å². The average Bonchev–Trinajstić information content (AvgIpc) is 2.35. The van der Waals surface area contributed by atoms with Crippen molar-refractivity contribution in [2.45, 2.75) is 38.8 Å². The summed E-state index contributed by atoms with van der Waals surface area (Å²) in [4.78, 5) is 37.1. The number of carbonyl (C=O) groups is 2. The topological polar surface area (TPSA) is 97.5 Å². The second-order valence-electron chi connectivity index (χ2n) is 5.47. The maximum Gasteiger partial charge on any atom is 0.408 e. The predicted octanol–water partition coefficient (Wildman–Crippen LogP) is 1.50. The fourth-order valence-electron chi connectivity index (χ4n) is 1.63. The summed E-state index contributed by atoms with van der Waals surface area (Å²) in [5.74, 6) is -0.503. The number of ether oxygens (including phenoxy) is 2. The number of hydrogen-bond donors (Lipinski definition) is 2. The van der Waals surface area contributed by atoms with Crippen molar-refractivity contribution < 1.29 is 19.1 Å². The summed E-state index contributed by atoms with van der Waals surface area (Å²) in [6, 6.07) is 2.21. The summed E-state index contributed by atoms with van der Waals surface area (Å²) in [5, 5.41) is 2.57. The molecule has 116 valence electrons. The molecule has 7 nitrogen and oxygen atoms in total. The van der Waals surface area contributed by atoms with Crippen molar-refractivity contribution in [2.75, 3.05) is 7.11 Å². The van der Waals surface area contributed by atoms with Gasteiger partial charge in [-0.25, -0.2) is 4.79 Å². The molecular formula is C14H20N2O5. The third kappa shape index (κ3) is 6.11. The highest BCUT2D eigenvalue weighted by molar-refractivity contribution is 5.73. The van der Waals surface area contributed by atoms with Crippen LogP contribution < -0.4 is 10.9 Å². The van der Waals surface area contributed by atoms with Gasteiger partial charge in [0.05, 0.1) is 19.6 Å². The molecule has 1 heterocycles. The van der Waals surface area contributed by atoms with Crippen molar-refractivity contribution in [3.63, 3.8) is 0 Å². The third-order valence-corrected chi connectivity index (χ3v) is 2.49. The van der Waals surface area contributed by atoms with Crippen LogP contribution in [0, 0.1) is 0 Å². The van der Waals surface area contributed by atoms with Crippen LogP contribution in [-0.4, -0.2) is 29.8 Å². The summed E-state index contributed by atoms with van der Waals surface area (Å²) in [6.45, 7) is 5.19. The normalized spacial score (nSPS) is 12.4. The molecule has 21 heavy (non-hydrogen) atoms. The average molecular weight is 296 g/mol. The Morgan fingerprint density at radius 1 is 1.38 bits per heavy atom. The van der Waals surface area contributed by atoms with Crippen LogP contribution in [0.3, 0.4) is 0 Å². The lowest BCUT2D eigenvalue weighted by atomic mass is 10.1. The first-order valence-corrected chi connectivity index (χ1v) is 6.46. The maximum atomic E-state index is 11.8. The Morgan fingerprint density at radius 2 is 2.05 bits per heavy atom. The smallest absolute Gasteiger partial charge is 0.408 e. The molecule has 1 aromatic heterocycles. The highest BCUT2D eigenvalue weighted by Crippen LogP contribution is 2.17. The zero-order chi connectivity index (χ0) is 16.0. The largest absolute Gasteiger partial charge is 0.469 e. The number of methoxy groups -OCH3 is 1. The molecule has 0 aliphatic carbocycles. The van der Waals surface area contributed by atoms with E-state index in [4.69, 9.17) is 4.74 Å². The number of esters is 1. The Kier molecular flexibility index (Phi) is 5.52. The van der Waals surface area contributed by atoms with Gasteiger partial charge in [0, 0.05) is 12.3 Å². The number of H-pyrrole nitrogens is 1. The monoisotopic (exact) mass is 296 g/mol. The van der Waals surface area contributed by atoms with Crippen LogP contribution in [-0.2, 0) is 14.3 Å². The number of amides is 1. The van der Waals surface area contributed by atoms with Gasteiger partial charge in [0.2, 0.25) is 5.56 Å². The van der Waals surface area contributed by atoms with E-state index < -0.39 is 23.7 Å². The predicted molar refractivity (Wildman–Crippen MR) is 75.8 cm³/mol. The molecule has 2 N–H and O–H groups in total. The number of hydrogen-bond acceptors (Lipinski definition) is 5. The Bertz CT molecular complexity index is 559. The number of pyridine rings is 1. The van der Waals surface area contributed by atoms with E-state index in [2.05, 4.69) is 15.0 Å². The van der Waals surface area contributed by atoms with Crippen LogP contribution in [0.15, 0.2) is 23.1 Å². The highest BCUT2D eigenvalue weighted by atomic mass is 16.6. The van der Waals surface area contributed by atoms with E-state index in [0.29, 0.717) is 5.56 Å². The molecule has 0 aliphatic heterocycles. The SMILES string of the molecule is COC(=O)CC(NC(=O)OC(C)(C)C)c1cc[nH]c(=O)c1. The molecule has 0 fully saturated rings. The van der Waals surface area contributed by atoms with E-state index in [1.165, 1.54) is 19.4 Å². The van der Waals surface area contributed by atoms with E-state index in [0.717, 1.165) is 0 Å². The van der Waals surface area contributed by atoms with Crippen molar-refractivity contribution in [3.8, 4) is 0 Å². The van der Waals surface area contributed by atoms with Crippen LogP contribution >= 0.6 is 0 Å². The van der Waals surface area contributed by atoms with Crippen LogP contribution in [0.2, 0.25) is 0 Å². The molecular weight excluding hydrogens is 276 g/mol. The van der Waals surface area contributed by atoms with Crippen molar-refractivity contribution in [2.24, 2.45) is 0 Å². The molecule has 0 bridgehead atoms. The Labute approximate surface area is 122 Å². The van der Waals surface area contributed by atoms with Crippen LogP contribution in [0.1, 0.15) is 38.8 Å². The summed E-state index contributed by atoms with van der Waals surface area (Å²) in [6.07, 6.45) is 0.675. The Balaban J connectivity index is 2.90. The third-order valence-electron chi connectivity index (χ3n) is 2.49. The van der Waals surface area contributed by atoms with Crippen molar-refractivity contribution in [3.05, 3.63) is 34.2 Å². The van der Waals surface area contributed by atoms with Crippen molar-refractivity contribution in [1.82, 2.24) is 10.3 Å². The maximum absolute atomic E-state index is 11.8. The van der Waals surface area contributed by atoms with Gasteiger partial charge in [-0.3, -0.25) is 9.59 Å². The minimum atomic E-state index is -0.699. The number of nitrogens with one attached hydrogen (secondary N) is 2. The zero-order valence-electron chi connectivity index (χ0n) is 12.6. The summed E-state index contributed by atoms with van der Waals surface area (Å²) in [7, 11) is 1.25. The fourth-order valence-corrected chi connectivity index (χ4v) is 1.63. The molecule has 1 rings (SSSR count). The van der Waals surface area contributed by atoms with E-state index in [9.17, 15) is 14.4 Å². The Hall–Kier alpha value is -2.31. The lowest BCUT2D eigenvalue weighted by Crippen LogP contribution is -2.36. The molecule has 0 aliphatic rings. The molecule has 0 saturated carbocycles. The van der Waals surface area contributed by atoms with Gasteiger partial charge in [-0.2, -0.15) is 0 Å². The number of alkyl carbamates (subject to hydrolysis) is 1. The first-order chi connectivity index (χ1) is 9.71. The van der Waals surface area contributed by atoms with Gasteiger partial charge in [-0.1, -0.05) is 0 Å². The van der Waals surface area contributed by atoms with Gasteiger partial charge in [-0.15, -0.1) is 0 Å². The molecule has 1 aromatic rings. The van der Waals surface area contributed by atoms with E-state index in [-0.39, 0.29) is 12.0 Å². The van der Waals surface area contributed by atoms with Gasteiger partial charge < -0.3 is 19.8 Å². The Morgan fingerprint density at radius 3 is 2.57 bits per heavy atom. The summed E-state index contributed by atoms with van der Waals surface area (Å²) < 4.78 is 9.74. The number of aromatic nitrogens is 1. The first-order valence-electron chi connectivity index (χ1n) is 6.46. The van der Waals surface area contributed by atoms with Gasteiger partial charge in [0.15, 0.2) is 0 Å². The van der Waals surface area contributed by atoms with Gasteiger partial charge in [0.1, 0.15) is 5.60 Å². The zero-order valence-corrected chi connectivity index (χ0v) is 12.6. The molecule has 1 atom stereocenters. The molecule has 0 radical (unpaired) electrons.